The van der Waals surface area contributed by atoms with E-state index in [1.54, 1.807) is 6.92 Å². The lowest BCUT2D eigenvalue weighted by atomic mass is 9.78. The van der Waals surface area contributed by atoms with Crippen molar-refractivity contribution in [2.45, 2.75) is 71.4 Å². The lowest BCUT2D eigenvalue weighted by Crippen LogP contribution is -2.49. The van der Waals surface area contributed by atoms with Crippen LogP contribution >= 0.6 is 0 Å². The Labute approximate surface area is 149 Å². The molecule has 2 fully saturated rings. The Balaban J connectivity index is 2.25. The molecule has 1 saturated heterocycles. The van der Waals surface area contributed by atoms with E-state index in [0.29, 0.717) is 19.6 Å². The van der Waals surface area contributed by atoms with Crippen molar-refractivity contribution >= 4 is 5.97 Å². The summed E-state index contributed by atoms with van der Waals surface area (Å²) in [7, 11) is 0. The minimum Gasteiger partial charge on any atom is -0.463 e. The fourth-order valence-corrected chi connectivity index (χ4v) is 3.49. The smallest absolute Gasteiger partial charge is 0.330 e. The summed E-state index contributed by atoms with van der Waals surface area (Å²) in [4.78, 5) is 11.9. The molecule has 1 saturated carbocycles. The minimum atomic E-state index is -0.779. The molecule has 0 aromatic rings. The number of fused-ring (bicyclic) bond motifs is 1. The number of esters is 1. The second-order valence-corrected chi connectivity index (χ2v) is 6.73. The molecule has 7 nitrogen and oxygen atoms in total. The van der Waals surface area contributed by atoms with Gasteiger partial charge in [0.15, 0.2) is 12.1 Å². The molecule has 0 aromatic carbocycles. The zero-order valence-electron chi connectivity index (χ0n) is 15.7. The van der Waals surface area contributed by atoms with Crippen LogP contribution in [0, 0.1) is 5.92 Å². The van der Waals surface area contributed by atoms with Crippen molar-refractivity contribution in [2.24, 2.45) is 5.92 Å². The molecule has 0 aromatic heterocycles. The van der Waals surface area contributed by atoms with E-state index in [1.807, 2.05) is 27.7 Å². The molecule has 0 spiro atoms. The zero-order chi connectivity index (χ0) is 18.6. The standard InChI is InChI=1S/C18H30O7/c1-6-21-11(3)23-14-8-12(9-15(20)22-7-2)13(10-19)16-17(14)25-18(4,5)24-16/h9,11,13-14,16-17,19H,6-8,10H2,1-5H3. The molecule has 0 radical (unpaired) electrons. The van der Waals surface area contributed by atoms with Gasteiger partial charge in [-0.05, 0) is 41.0 Å². The highest BCUT2D eigenvalue weighted by atomic mass is 16.8. The van der Waals surface area contributed by atoms with Crippen molar-refractivity contribution < 1.29 is 33.6 Å². The van der Waals surface area contributed by atoms with E-state index < -0.39 is 24.2 Å². The predicted octanol–water partition coefficient (Wildman–Crippen LogP) is 1.78. The molecule has 2 aliphatic rings. The molecule has 0 bridgehead atoms. The van der Waals surface area contributed by atoms with Gasteiger partial charge in [-0.25, -0.2) is 4.79 Å². The molecule has 1 N–H and O–H groups in total. The molecule has 1 heterocycles. The van der Waals surface area contributed by atoms with E-state index in [1.165, 1.54) is 6.08 Å². The lowest BCUT2D eigenvalue weighted by Gasteiger charge is -2.38. The van der Waals surface area contributed by atoms with Crippen molar-refractivity contribution in [3.05, 3.63) is 11.6 Å². The maximum absolute atomic E-state index is 11.9. The molecule has 5 atom stereocenters. The second-order valence-electron chi connectivity index (χ2n) is 6.73. The van der Waals surface area contributed by atoms with E-state index >= 15 is 0 Å². The Morgan fingerprint density at radius 3 is 2.60 bits per heavy atom. The van der Waals surface area contributed by atoms with Crippen LogP contribution < -0.4 is 0 Å². The van der Waals surface area contributed by atoms with Gasteiger partial charge >= 0.3 is 5.97 Å². The number of hydrogen-bond donors (Lipinski definition) is 1. The summed E-state index contributed by atoms with van der Waals surface area (Å²) in [6.45, 7) is 9.83. The zero-order valence-corrected chi connectivity index (χ0v) is 15.7. The third-order valence-corrected chi connectivity index (χ3v) is 4.39. The highest BCUT2D eigenvalue weighted by molar-refractivity contribution is 5.83. The van der Waals surface area contributed by atoms with Gasteiger partial charge in [-0.2, -0.15) is 0 Å². The van der Waals surface area contributed by atoms with Gasteiger partial charge in [-0.1, -0.05) is 5.57 Å². The van der Waals surface area contributed by atoms with Crippen LogP contribution in [0.25, 0.3) is 0 Å². The van der Waals surface area contributed by atoms with Gasteiger partial charge in [0.2, 0.25) is 0 Å². The molecule has 1 aliphatic heterocycles. The molecule has 25 heavy (non-hydrogen) atoms. The Hall–Kier alpha value is -0.990. The van der Waals surface area contributed by atoms with Crippen molar-refractivity contribution in [3.63, 3.8) is 0 Å². The maximum Gasteiger partial charge on any atom is 0.330 e. The summed E-state index contributed by atoms with van der Waals surface area (Å²) in [6.07, 6.45) is 0.413. The van der Waals surface area contributed by atoms with Gasteiger partial charge in [0, 0.05) is 18.6 Å². The van der Waals surface area contributed by atoms with Crippen molar-refractivity contribution in [1.29, 1.82) is 0 Å². The molecule has 1 aliphatic carbocycles. The number of aliphatic hydroxyl groups is 1. The van der Waals surface area contributed by atoms with Crippen LogP contribution in [0.15, 0.2) is 11.6 Å². The van der Waals surface area contributed by atoms with Crippen LogP contribution in [-0.2, 0) is 28.5 Å². The first-order valence-electron chi connectivity index (χ1n) is 8.92. The van der Waals surface area contributed by atoms with Gasteiger partial charge in [-0.3, -0.25) is 0 Å². The average Bonchev–Trinajstić information content (AvgIpc) is 2.83. The third-order valence-electron chi connectivity index (χ3n) is 4.39. The molecular weight excluding hydrogens is 328 g/mol. The van der Waals surface area contributed by atoms with E-state index in [4.69, 9.17) is 23.7 Å². The number of carbonyl (C=O) groups is 1. The number of carbonyl (C=O) groups excluding carboxylic acids is 1. The Morgan fingerprint density at radius 1 is 1.32 bits per heavy atom. The molecule has 144 valence electrons. The van der Waals surface area contributed by atoms with E-state index in [0.717, 1.165) is 5.57 Å². The van der Waals surface area contributed by atoms with E-state index in [2.05, 4.69) is 0 Å². The van der Waals surface area contributed by atoms with Gasteiger partial charge in [0.05, 0.1) is 25.4 Å². The molecular formula is C18H30O7. The highest BCUT2D eigenvalue weighted by Crippen LogP contribution is 2.43. The molecule has 5 unspecified atom stereocenters. The topological polar surface area (TPSA) is 83.5 Å². The Kier molecular flexibility index (Phi) is 6.99. The van der Waals surface area contributed by atoms with Crippen molar-refractivity contribution in [2.75, 3.05) is 19.8 Å². The summed E-state index contributed by atoms with van der Waals surface area (Å²) in [5.41, 5.74) is 0.747. The highest BCUT2D eigenvalue weighted by Gasteiger charge is 2.53. The first-order chi connectivity index (χ1) is 11.8. The maximum atomic E-state index is 11.9. The summed E-state index contributed by atoms with van der Waals surface area (Å²) in [5.74, 6) is -1.54. The predicted molar refractivity (Wildman–Crippen MR) is 89.7 cm³/mol. The Bertz CT molecular complexity index is 488. The van der Waals surface area contributed by atoms with Crippen LogP contribution in [0.4, 0.5) is 0 Å². The summed E-state index contributed by atoms with van der Waals surface area (Å²) >= 11 is 0. The van der Waals surface area contributed by atoms with Gasteiger partial charge in [-0.15, -0.1) is 0 Å². The van der Waals surface area contributed by atoms with Crippen LogP contribution in [-0.4, -0.2) is 61.3 Å². The number of rotatable bonds is 7. The van der Waals surface area contributed by atoms with Gasteiger partial charge < -0.3 is 28.8 Å². The average molecular weight is 358 g/mol. The third kappa shape index (κ3) is 5.01. The SMILES string of the molecule is CCOC(=O)C=C1CC(OC(C)OCC)C2OC(C)(C)OC2C1CO. The fourth-order valence-electron chi connectivity index (χ4n) is 3.49. The quantitative estimate of drug-likeness (QED) is 0.422. The van der Waals surface area contributed by atoms with Crippen molar-refractivity contribution in [1.82, 2.24) is 0 Å². The first kappa shape index (κ1) is 20.3. The van der Waals surface area contributed by atoms with E-state index in [9.17, 15) is 9.90 Å². The van der Waals surface area contributed by atoms with Crippen LogP contribution in [0.5, 0.6) is 0 Å². The largest absolute Gasteiger partial charge is 0.463 e. The second kappa shape index (κ2) is 8.60. The van der Waals surface area contributed by atoms with Crippen LogP contribution in [0.2, 0.25) is 0 Å². The van der Waals surface area contributed by atoms with Gasteiger partial charge in [0.25, 0.3) is 0 Å². The molecule has 2 rings (SSSR count). The van der Waals surface area contributed by atoms with Crippen molar-refractivity contribution in [3.8, 4) is 0 Å². The fraction of sp³-hybridized carbons (Fsp3) is 0.833. The summed E-state index contributed by atoms with van der Waals surface area (Å²) in [5, 5.41) is 9.88. The lowest BCUT2D eigenvalue weighted by molar-refractivity contribution is -0.201. The Morgan fingerprint density at radius 2 is 2.00 bits per heavy atom. The number of aliphatic hydroxyl groups excluding tert-OH is 1. The first-order valence-corrected chi connectivity index (χ1v) is 8.92. The monoisotopic (exact) mass is 358 g/mol. The van der Waals surface area contributed by atoms with E-state index in [-0.39, 0.29) is 24.7 Å². The number of ether oxygens (including phenoxy) is 5. The summed E-state index contributed by atoms with van der Waals surface area (Å²) < 4.78 is 28.5. The minimum absolute atomic E-state index is 0.139. The number of hydrogen-bond acceptors (Lipinski definition) is 7. The summed E-state index contributed by atoms with van der Waals surface area (Å²) in [6, 6.07) is 0. The van der Waals surface area contributed by atoms with Gasteiger partial charge in [0.1, 0.15) is 6.10 Å². The van der Waals surface area contributed by atoms with Crippen LogP contribution in [0.1, 0.15) is 41.0 Å². The van der Waals surface area contributed by atoms with Crippen LogP contribution in [0.3, 0.4) is 0 Å². The molecule has 0 amide bonds. The molecule has 7 heteroatoms. The normalized spacial score (nSPS) is 33.9.